The molecule has 0 N–H and O–H groups in total. The van der Waals surface area contributed by atoms with Crippen LogP contribution in [0.1, 0.15) is 39.4 Å². The molecular formula is C26H28ClNO2. The van der Waals surface area contributed by atoms with Crippen molar-refractivity contribution in [3.63, 3.8) is 0 Å². The Balaban J connectivity index is 1.82. The zero-order valence-electron chi connectivity index (χ0n) is 18.0. The van der Waals surface area contributed by atoms with Gasteiger partial charge in [0.05, 0.1) is 20.3 Å². The molecule has 1 aliphatic rings. The van der Waals surface area contributed by atoms with Gasteiger partial charge in [0.1, 0.15) is 0 Å². The van der Waals surface area contributed by atoms with E-state index in [0.29, 0.717) is 0 Å². The Hall–Kier alpha value is -2.49. The monoisotopic (exact) mass is 421 g/mol. The molecule has 3 aromatic rings. The second kappa shape index (κ2) is 8.71. The van der Waals surface area contributed by atoms with Crippen molar-refractivity contribution in [1.29, 1.82) is 0 Å². The fourth-order valence-corrected chi connectivity index (χ4v) is 4.62. The van der Waals surface area contributed by atoms with Gasteiger partial charge >= 0.3 is 0 Å². The van der Waals surface area contributed by atoms with Crippen molar-refractivity contribution in [1.82, 2.24) is 4.90 Å². The summed E-state index contributed by atoms with van der Waals surface area (Å²) in [7, 11) is 3.38. The lowest BCUT2D eigenvalue weighted by molar-refractivity contribution is 0.203. The number of halogens is 1. The molecule has 4 heteroatoms. The first-order chi connectivity index (χ1) is 14.5. The topological polar surface area (TPSA) is 21.7 Å². The first-order valence-corrected chi connectivity index (χ1v) is 10.7. The summed E-state index contributed by atoms with van der Waals surface area (Å²) in [5, 5.41) is 0.756. The quantitative estimate of drug-likeness (QED) is 0.495. The number of hydrogen-bond acceptors (Lipinski definition) is 3. The Kier molecular flexibility index (Phi) is 6.03. The molecule has 0 aliphatic carbocycles. The summed E-state index contributed by atoms with van der Waals surface area (Å²) < 4.78 is 11.2. The van der Waals surface area contributed by atoms with E-state index in [9.17, 15) is 0 Å². The van der Waals surface area contributed by atoms with E-state index in [0.717, 1.165) is 36.0 Å². The molecule has 0 fully saturated rings. The Morgan fingerprint density at radius 3 is 2.47 bits per heavy atom. The smallest absolute Gasteiger partial charge is 0.161 e. The Morgan fingerprint density at radius 1 is 0.967 bits per heavy atom. The standard InChI is InChI=1S/C26H28ClNO2/c1-17-8-9-18(2)21(12-17)16-28-11-10-19-14-24(29-3)25(30-4)15-23(19)26(28)20-6-5-7-22(27)13-20/h5-9,12-15,26H,10-11,16H2,1-4H3/t26-/m1/s1. The van der Waals surface area contributed by atoms with E-state index in [1.54, 1.807) is 14.2 Å². The van der Waals surface area contributed by atoms with Gasteiger partial charge in [-0.1, -0.05) is 47.5 Å². The highest BCUT2D eigenvalue weighted by atomic mass is 35.5. The third kappa shape index (κ3) is 4.05. The van der Waals surface area contributed by atoms with Crippen molar-refractivity contribution in [2.75, 3.05) is 20.8 Å². The number of benzene rings is 3. The number of rotatable bonds is 5. The summed E-state index contributed by atoms with van der Waals surface area (Å²) >= 11 is 6.39. The second-order valence-corrected chi connectivity index (χ2v) is 8.45. The number of hydrogen-bond donors (Lipinski definition) is 0. The van der Waals surface area contributed by atoms with Crippen LogP contribution in [0.3, 0.4) is 0 Å². The zero-order valence-corrected chi connectivity index (χ0v) is 18.8. The Bertz CT molecular complexity index is 1060. The van der Waals surface area contributed by atoms with Crippen molar-refractivity contribution in [2.45, 2.75) is 32.9 Å². The normalized spacial score (nSPS) is 16.2. The number of fused-ring (bicyclic) bond motifs is 1. The van der Waals surface area contributed by atoms with Gasteiger partial charge in [-0.25, -0.2) is 0 Å². The summed E-state index contributed by atoms with van der Waals surface area (Å²) in [4.78, 5) is 2.54. The largest absolute Gasteiger partial charge is 0.493 e. The maximum absolute atomic E-state index is 6.39. The van der Waals surface area contributed by atoms with Crippen molar-refractivity contribution in [3.05, 3.63) is 93.0 Å². The SMILES string of the molecule is COc1cc2c(cc1OC)[C@@H](c1cccc(Cl)c1)N(Cc1cc(C)ccc1C)CC2. The number of aryl methyl sites for hydroxylation is 2. The molecule has 0 amide bonds. The fraction of sp³-hybridized carbons (Fsp3) is 0.308. The highest BCUT2D eigenvalue weighted by molar-refractivity contribution is 6.30. The van der Waals surface area contributed by atoms with Gasteiger partial charge in [-0.05, 0) is 72.4 Å². The summed E-state index contributed by atoms with van der Waals surface area (Å²) in [6, 6.07) is 19.3. The molecule has 0 bridgehead atoms. The Labute approximate surface area is 184 Å². The molecule has 156 valence electrons. The van der Waals surface area contributed by atoms with Crippen LogP contribution in [0.2, 0.25) is 5.02 Å². The van der Waals surface area contributed by atoms with Gasteiger partial charge < -0.3 is 9.47 Å². The average molecular weight is 422 g/mol. The minimum absolute atomic E-state index is 0.104. The second-order valence-electron chi connectivity index (χ2n) is 8.01. The van der Waals surface area contributed by atoms with Gasteiger partial charge in [0.15, 0.2) is 11.5 Å². The van der Waals surface area contributed by atoms with Crippen LogP contribution < -0.4 is 9.47 Å². The number of ether oxygens (including phenoxy) is 2. The lowest BCUT2D eigenvalue weighted by Crippen LogP contribution is -2.36. The van der Waals surface area contributed by atoms with Crippen LogP contribution in [0.25, 0.3) is 0 Å². The lowest BCUT2D eigenvalue weighted by atomic mass is 9.87. The highest BCUT2D eigenvalue weighted by Crippen LogP contribution is 2.42. The first-order valence-electron chi connectivity index (χ1n) is 10.3. The third-order valence-corrected chi connectivity index (χ3v) is 6.25. The lowest BCUT2D eigenvalue weighted by Gasteiger charge is -2.38. The molecule has 1 heterocycles. The highest BCUT2D eigenvalue weighted by Gasteiger charge is 2.30. The fourth-order valence-electron chi connectivity index (χ4n) is 4.42. The maximum atomic E-state index is 6.39. The van der Waals surface area contributed by atoms with E-state index in [-0.39, 0.29) is 6.04 Å². The molecule has 30 heavy (non-hydrogen) atoms. The predicted molar refractivity (Wildman–Crippen MR) is 123 cm³/mol. The maximum Gasteiger partial charge on any atom is 0.161 e. The van der Waals surface area contributed by atoms with Gasteiger partial charge in [-0.2, -0.15) is 0 Å². The summed E-state index contributed by atoms with van der Waals surface area (Å²) in [5.41, 5.74) is 7.73. The van der Waals surface area contributed by atoms with Crippen molar-refractivity contribution in [3.8, 4) is 11.5 Å². The van der Waals surface area contributed by atoms with Crippen LogP contribution in [0, 0.1) is 13.8 Å². The summed E-state index contributed by atoms with van der Waals surface area (Å²) in [6.07, 6.45) is 0.970. The molecule has 0 radical (unpaired) electrons. The molecule has 1 aliphatic heterocycles. The van der Waals surface area contributed by atoms with E-state index >= 15 is 0 Å². The van der Waals surface area contributed by atoms with E-state index in [1.807, 2.05) is 12.1 Å². The van der Waals surface area contributed by atoms with Gasteiger partial charge in [-0.15, -0.1) is 0 Å². The molecule has 0 unspecified atom stereocenters. The molecule has 0 saturated carbocycles. The van der Waals surface area contributed by atoms with Crippen LogP contribution in [0.5, 0.6) is 11.5 Å². The predicted octanol–water partition coefficient (Wildman–Crippen LogP) is 6.12. The van der Waals surface area contributed by atoms with Gasteiger partial charge in [-0.3, -0.25) is 4.90 Å². The summed E-state index contributed by atoms with van der Waals surface area (Å²) in [5.74, 6) is 1.54. The van der Waals surface area contributed by atoms with E-state index in [1.165, 1.54) is 33.4 Å². The van der Waals surface area contributed by atoms with Crippen LogP contribution >= 0.6 is 11.6 Å². The molecule has 3 nitrogen and oxygen atoms in total. The molecule has 4 rings (SSSR count). The van der Waals surface area contributed by atoms with Crippen molar-refractivity contribution in [2.24, 2.45) is 0 Å². The van der Waals surface area contributed by atoms with E-state index in [2.05, 4.69) is 61.2 Å². The molecule has 0 saturated heterocycles. The number of methoxy groups -OCH3 is 2. The molecule has 1 atom stereocenters. The number of nitrogens with zero attached hydrogens (tertiary/aromatic N) is 1. The zero-order chi connectivity index (χ0) is 21.3. The molecule has 3 aromatic carbocycles. The third-order valence-electron chi connectivity index (χ3n) is 6.02. The Morgan fingerprint density at radius 2 is 1.73 bits per heavy atom. The van der Waals surface area contributed by atoms with Crippen LogP contribution in [-0.2, 0) is 13.0 Å². The van der Waals surface area contributed by atoms with Gasteiger partial charge in [0.25, 0.3) is 0 Å². The van der Waals surface area contributed by atoms with Crippen LogP contribution in [0.4, 0.5) is 0 Å². The average Bonchev–Trinajstić information content (AvgIpc) is 2.75. The van der Waals surface area contributed by atoms with Crippen molar-refractivity contribution >= 4 is 11.6 Å². The minimum atomic E-state index is 0.104. The molecular weight excluding hydrogens is 394 g/mol. The van der Waals surface area contributed by atoms with Gasteiger partial charge in [0, 0.05) is 18.1 Å². The van der Waals surface area contributed by atoms with Gasteiger partial charge in [0.2, 0.25) is 0 Å². The molecule has 0 aromatic heterocycles. The van der Waals surface area contributed by atoms with E-state index < -0.39 is 0 Å². The van der Waals surface area contributed by atoms with E-state index in [4.69, 9.17) is 21.1 Å². The van der Waals surface area contributed by atoms with Crippen LogP contribution in [0.15, 0.2) is 54.6 Å². The van der Waals surface area contributed by atoms with Crippen LogP contribution in [-0.4, -0.2) is 25.7 Å². The minimum Gasteiger partial charge on any atom is -0.493 e. The summed E-state index contributed by atoms with van der Waals surface area (Å²) in [6.45, 7) is 6.19. The molecule has 0 spiro atoms. The van der Waals surface area contributed by atoms with Crippen molar-refractivity contribution < 1.29 is 9.47 Å². The first kappa shape index (κ1) is 20.8.